The van der Waals surface area contributed by atoms with Gasteiger partial charge in [-0.2, -0.15) is 0 Å². The molecule has 4 nitrogen and oxygen atoms in total. The molecule has 0 saturated heterocycles. The number of fused-ring (bicyclic) bond motifs is 2. The zero-order chi connectivity index (χ0) is 19.0. The highest BCUT2D eigenvalue weighted by atomic mass is 16.5. The maximum absolute atomic E-state index is 11.9. The van der Waals surface area contributed by atoms with Crippen molar-refractivity contribution >= 4 is 10.9 Å². The van der Waals surface area contributed by atoms with E-state index in [4.69, 9.17) is 9.72 Å². The molecular formula is C23H26N2O2. The van der Waals surface area contributed by atoms with E-state index in [9.17, 15) is 5.11 Å². The summed E-state index contributed by atoms with van der Waals surface area (Å²) in [6, 6.07) is 18.2. The minimum atomic E-state index is -0.971. The normalized spacial score (nSPS) is 22.0. The Kier molecular flexibility index (Phi) is 4.62. The molecule has 0 aliphatic heterocycles. The van der Waals surface area contributed by atoms with E-state index >= 15 is 0 Å². The van der Waals surface area contributed by atoms with E-state index in [2.05, 4.69) is 31.1 Å². The van der Waals surface area contributed by atoms with Crippen LogP contribution in [0.15, 0.2) is 54.6 Å². The topological polar surface area (TPSA) is 45.6 Å². The van der Waals surface area contributed by atoms with Gasteiger partial charge >= 0.3 is 0 Å². The number of pyridine rings is 1. The molecule has 1 aromatic heterocycles. The second-order valence-corrected chi connectivity index (χ2v) is 7.78. The lowest BCUT2D eigenvalue weighted by Crippen LogP contribution is -2.46. The Morgan fingerprint density at radius 2 is 1.96 bits per heavy atom. The summed E-state index contributed by atoms with van der Waals surface area (Å²) in [6.07, 6.45) is 1.32. The van der Waals surface area contributed by atoms with Crippen LogP contribution in [0, 0.1) is 5.92 Å². The molecule has 1 aliphatic rings. The molecule has 4 heteroatoms. The molecule has 1 N–H and O–H groups in total. The van der Waals surface area contributed by atoms with E-state index in [1.165, 1.54) is 5.56 Å². The molecule has 2 unspecified atom stereocenters. The van der Waals surface area contributed by atoms with Crippen molar-refractivity contribution in [2.24, 2.45) is 5.92 Å². The molecule has 140 valence electrons. The van der Waals surface area contributed by atoms with Crippen LogP contribution in [0.1, 0.15) is 16.8 Å². The minimum Gasteiger partial charge on any atom is -0.497 e. The highest BCUT2D eigenvalue weighted by Crippen LogP contribution is 2.42. The number of methoxy groups -OCH3 is 1. The van der Waals surface area contributed by atoms with Crippen LogP contribution in [0.5, 0.6) is 5.75 Å². The minimum absolute atomic E-state index is 0.0788. The summed E-state index contributed by atoms with van der Waals surface area (Å²) < 4.78 is 5.40. The first-order chi connectivity index (χ1) is 13.0. The Labute approximate surface area is 160 Å². The van der Waals surface area contributed by atoms with Crippen molar-refractivity contribution in [1.29, 1.82) is 0 Å². The summed E-state index contributed by atoms with van der Waals surface area (Å²) >= 11 is 0. The molecular weight excluding hydrogens is 336 g/mol. The molecule has 3 aromatic rings. The maximum Gasteiger partial charge on any atom is 0.119 e. The van der Waals surface area contributed by atoms with Crippen LogP contribution in [-0.4, -0.2) is 42.7 Å². The van der Waals surface area contributed by atoms with E-state index in [1.807, 2.05) is 42.5 Å². The average Bonchev–Trinajstić information content (AvgIpc) is 2.67. The number of hydrogen-bond acceptors (Lipinski definition) is 4. The Bertz CT molecular complexity index is 970. The summed E-state index contributed by atoms with van der Waals surface area (Å²) in [5.41, 5.74) is 3.15. The Hall–Kier alpha value is -2.43. The smallest absolute Gasteiger partial charge is 0.119 e. The van der Waals surface area contributed by atoms with Gasteiger partial charge in [-0.1, -0.05) is 30.3 Å². The van der Waals surface area contributed by atoms with Crippen molar-refractivity contribution in [3.05, 3.63) is 71.4 Å². The number of para-hydroxylation sites is 1. The average molecular weight is 362 g/mol. The largest absolute Gasteiger partial charge is 0.497 e. The number of ether oxygens (including phenoxy) is 1. The van der Waals surface area contributed by atoms with Crippen LogP contribution in [0.4, 0.5) is 0 Å². The van der Waals surface area contributed by atoms with Gasteiger partial charge in [-0.15, -0.1) is 0 Å². The van der Waals surface area contributed by atoms with Crippen LogP contribution in [0.3, 0.4) is 0 Å². The molecule has 0 bridgehead atoms. The number of aliphatic hydroxyl groups is 1. The summed E-state index contributed by atoms with van der Waals surface area (Å²) in [4.78, 5) is 7.04. The van der Waals surface area contributed by atoms with Crippen molar-refractivity contribution in [1.82, 2.24) is 9.88 Å². The van der Waals surface area contributed by atoms with Gasteiger partial charge in [0, 0.05) is 30.0 Å². The van der Waals surface area contributed by atoms with Crippen LogP contribution in [-0.2, 0) is 18.4 Å². The first-order valence-corrected chi connectivity index (χ1v) is 9.39. The fourth-order valence-corrected chi connectivity index (χ4v) is 4.25. The van der Waals surface area contributed by atoms with Crippen molar-refractivity contribution in [3.8, 4) is 5.75 Å². The molecule has 0 spiro atoms. The fraction of sp³-hybridized carbons (Fsp3) is 0.348. The summed E-state index contributed by atoms with van der Waals surface area (Å²) in [6.45, 7) is 0.806. The van der Waals surface area contributed by atoms with Gasteiger partial charge in [0.2, 0.25) is 0 Å². The van der Waals surface area contributed by atoms with Crippen LogP contribution >= 0.6 is 0 Å². The van der Waals surface area contributed by atoms with Gasteiger partial charge in [-0.05, 0) is 55.9 Å². The molecule has 1 aliphatic carbocycles. The lowest BCUT2D eigenvalue weighted by Gasteiger charge is -2.42. The number of hydrogen-bond donors (Lipinski definition) is 1. The highest BCUT2D eigenvalue weighted by Gasteiger charge is 2.43. The van der Waals surface area contributed by atoms with E-state index in [1.54, 1.807) is 7.11 Å². The van der Waals surface area contributed by atoms with Crippen molar-refractivity contribution < 1.29 is 9.84 Å². The second-order valence-electron chi connectivity index (χ2n) is 7.78. The molecule has 1 heterocycles. The standard InChI is InChI=1S/C23H26N2O2/c1-25(2)15-19-12-17-11-16-7-4-5-10-21(16)24-22(17)14-23(19,26)18-8-6-9-20(13-18)27-3/h4-11,13,19,26H,12,14-15H2,1-3H3. The monoisotopic (exact) mass is 362 g/mol. The van der Waals surface area contributed by atoms with Gasteiger partial charge in [-0.25, -0.2) is 0 Å². The third-order valence-corrected chi connectivity index (χ3v) is 5.63. The Morgan fingerprint density at radius 1 is 1.15 bits per heavy atom. The molecule has 27 heavy (non-hydrogen) atoms. The van der Waals surface area contributed by atoms with E-state index in [-0.39, 0.29) is 5.92 Å². The molecule has 0 amide bonds. The summed E-state index contributed by atoms with van der Waals surface area (Å²) in [7, 11) is 5.77. The first-order valence-electron chi connectivity index (χ1n) is 9.39. The predicted molar refractivity (Wildman–Crippen MR) is 108 cm³/mol. The first kappa shape index (κ1) is 18.0. The van der Waals surface area contributed by atoms with Crippen LogP contribution in [0.2, 0.25) is 0 Å². The van der Waals surface area contributed by atoms with Crippen LogP contribution < -0.4 is 4.74 Å². The summed E-state index contributed by atoms with van der Waals surface area (Å²) in [5.74, 6) is 0.844. The lowest BCUT2D eigenvalue weighted by atomic mass is 9.70. The van der Waals surface area contributed by atoms with Gasteiger partial charge in [-0.3, -0.25) is 4.98 Å². The third-order valence-electron chi connectivity index (χ3n) is 5.63. The van der Waals surface area contributed by atoms with Crippen LogP contribution in [0.25, 0.3) is 10.9 Å². The SMILES string of the molecule is COc1cccc(C2(O)Cc3nc4ccccc4cc3CC2CN(C)C)c1. The second kappa shape index (κ2) is 6.95. The van der Waals surface area contributed by atoms with Gasteiger partial charge < -0.3 is 14.7 Å². The molecule has 0 saturated carbocycles. The van der Waals surface area contributed by atoms with Crippen molar-refractivity contribution in [2.45, 2.75) is 18.4 Å². The van der Waals surface area contributed by atoms with Gasteiger partial charge in [0.15, 0.2) is 0 Å². The number of rotatable bonds is 4. The molecule has 2 aromatic carbocycles. The van der Waals surface area contributed by atoms with Gasteiger partial charge in [0.05, 0.1) is 18.2 Å². The zero-order valence-corrected chi connectivity index (χ0v) is 16.1. The quantitative estimate of drug-likeness (QED) is 0.773. The maximum atomic E-state index is 11.9. The van der Waals surface area contributed by atoms with E-state index in [0.717, 1.165) is 40.9 Å². The van der Waals surface area contributed by atoms with Crippen molar-refractivity contribution in [2.75, 3.05) is 27.7 Å². The molecule has 2 atom stereocenters. The number of nitrogens with zero attached hydrogens (tertiary/aromatic N) is 2. The predicted octanol–water partition coefficient (Wildman–Crippen LogP) is 3.41. The lowest BCUT2D eigenvalue weighted by molar-refractivity contribution is -0.0404. The molecule has 0 radical (unpaired) electrons. The highest BCUT2D eigenvalue weighted by molar-refractivity contribution is 5.79. The summed E-state index contributed by atoms with van der Waals surface area (Å²) in [5, 5.41) is 13.0. The van der Waals surface area contributed by atoms with E-state index in [0.29, 0.717) is 6.42 Å². The van der Waals surface area contributed by atoms with Gasteiger partial charge in [0.25, 0.3) is 0 Å². The van der Waals surface area contributed by atoms with Crippen molar-refractivity contribution in [3.63, 3.8) is 0 Å². The molecule has 0 fully saturated rings. The number of aromatic nitrogens is 1. The third kappa shape index (κ3) is 3.31. The zero-order valence-electron chi connectivity index (χ0n) is 16.1. The van der Waals surface area contributed by atoms with Gasteiger partial charge in [0.1, 0.15) is 5.75 Å². The fourth-order valence-electron chi connectivity index (χ4n) is 4.25. The Balaban J connectivity index is 1.82. The Morgan fingerprint density at radius 3 is 2.74 bits per heavy atom. The van der Waals surface area contributed by atoms with E-state index < -0.39 is 5.60 Å². The number of benzene rings is 2. The molecule has 4 rings (SSSR count).